The van der Waals surface area contributed by atoms with E-state index >= 15 is 0 Å². The lowest BCUT2D eigenvalue weighted by Crippen LogP contribution is -2.40. The number of aryl methyl sites for hydroxylation is 2. The van der Waals surface area contributed by atoms with E-state index in [-0.39, 0.29) is 0 Å². The molecular weight excluding hydrogens is 226 g/mol. The van der Waals surface area contributed by atoms with Gasteiger partial charge in [0.1, 0.15) is 0 Å². The smallest absolute Gasteiger partial charge is 0.0596 e. The quantitative estimate of drug-likeness (QED) is 0.867. The molecule has 0 radical (unpaired) electrons. The number of nitrogens with one attached hydrogen (secondary N) is 1. The zero-order chi connectivity index (χ0) is 13.0. The second-order valence-corrected chi connectivity index (χ2v) is 5.17. The molecule has 1 aromatic heterocycles. The van der Waals surface area contributed by atoms with Crippen LogP contribution >= 0.6 is 0 Å². The molecule has 4 heteroatoms. The molecule has 2 unspecified atom stereocenters. The van der Waals surface area contributed by atoms with Gasteiger partial charge in [0.05, 0.1) is 12.3 Å². The Kier molecular flexibility index (Phi) is 4.78. The summed E-state index contributed by atoms with van der Waals surface area (Å²) in [7, 11) is 2.05. The third-order valence-corrected chi connectivity index (χ3v) is 3.85. The molecule has 1 N–H and O–H groups in total. The van der Waals surface area contributed by atoms with Crippen LogP contribution in [0.1, 0.15) is 31.2 Å². The van der Waals surface area contributed by atoms with Gasteiger partial charge in [-0.2, -0.15) is 5.10 Å². The van der Waals surface area contributed by atoms with Crippen LogP contribution in [-0.4, -0.2) is 36.1 Å². The third-order valence-electron chi connectivity index (χ3n) is 3.85. The number of hydrogen-bond acceptors (Lipinski definition) is 3. The summed E-state index contributed by atoms with van der Waals surface area (Å²) < 4.78 is 7.72. The molecule has 0 saturated carbocycles. The van der Waals surface area contributed by atoms with Crippen LogP contribution < -0.4 is 5.32 Å². The number of nitrogens with zero attached hydrogens (tertiary/aromatic N) is 2. The van der Waals surface area contributed by atoms with Crippen molar-refractivity contribution in [2.75, 3.05) is 20.3 Å². The van der Waals surface area contributed by atoms with Gasteiger partial charge in [-0.1, -0.05) is 0 Å². The summed E-state index contributed by atoms with van der Waals surface area (Å²) in [4.78, 5) is 0. The summed E-state index contributed by atoms with van der Waals surface area (Å²) in [6, 6.07) is 2.70. The predicted octanol–water partition coefficient (Wildman–Crippen LogP) is 1.77. The maximum absolute atomic E-state index is 5.60. The van der Waals surface area contributed by atoms with Crippen LogP contribution in [0.5, 0.6) is 0 Å². The van der Waals surface area contributed by atoms with Crippen molar-refractivity contribution < 1.29 is 4.74 Å². The fourth-order valence-corrected chi connectivity index (χ4v) is 2.85. The van der Waals surface area contributed by atoms with Crippen LogP contribution in [0.4, 0.5) is 0 Å². The van der Waals surface area contributed by atoms with Gasteiger partial charge in [-0.25, -0.2) is 0 Å². The summed E-state index contributed by atoms with van der Waals surface area (Å²) in [5.74, 6) is 0.629. The lowest BCUT2D eigenvalue weighted by atomic mass is 9.90. The van der Waals surface area contributed by atoms with E-state index in [1.54, 1.807) is 0 Å². The molecule has 0 amide bonds. The van der Waals surface area contributed by atoms with Crippen molar-refractivity contribution in [2.45, 2.75) is 45.7 Å². The average molecular weight is 251 g/mol. The Balaban J connectivity index is 2.04. The topological polar surface area (TPSA) is 39.1 Å². The Hall–Kier alpha value is -0.870. The van der Waals surface area contributed by atoms with E-state index < -0.39 is 0 Å². The Labute approximate surface area is 110 Å². The molecule has 2 atom stereocenters. The van der Waals surface area contributed by atoms with E-state index in [4.69, 9.17) is 4.74 Å². The SMILES string of the molecule is CCn1nc(C)cc1CC(NC)C1CCCOC1. The van der Waals surface area contributed by atoms with Crippen molar-refractivity contribution in [3.8, 4) is 0 Å². The maximum Gasteiger partial charge on any atom is 0.0596 e. The number of likely N-dealkylation sites (N-methyl/N-ethyl adjacent to an activating group) is 1. The number of hydrogen-bond donors (Lipinski definition) is 1. The summed E-state index contributed by atoms with van der Waals surface area (Å²) in [5.41, 5.74) is 2.45. The lowest BCUT2D eigenvalue weighted by Gasteiger charge is -2.30. The van der Waals surface area contributed by atoms with Gasteiger partial charge in [-0.05, 0) is 45.7 Å². The predicted molar refractivity (Wildman–Crippen MR) is 72.7 cm³/mol. The fourth-order valence-electron chi connectivity index (χ4n) is 2.85. The van der Waals surface area contributed by atoms with Crippen molar-refractivity contribution in [1.29, 1.82) is 0 Å². The molecule has 0 aliphatic carbocycles. The molecule has 102 valence electrons. The largest absolute Gasteiger partial charge is 0.381 e. The minimum absolute atomic E-state index is 0.492. The summed E-state index contributed by atoms with van der Waals surface area (Å²) in [6.07, 6.45) is 3.50. The average Bonchev–Trinajstić information content (AvgIpc) is 2.77. The van der Waals surface area contributed by atoms with Crippen molar-refractivity contribution >= 4 is 0 Å². The molecule has 0 bridgehead atoms. The van der Waals surface area contributed by atoms with Crippen molar-refractivity contribution in [2.24, 2.45) is 5.92 Å². The first-order valence-corrected chi connectivity index (χ1v) is 7.03. The molecular formula is C14H25N3O. The molecule has 0 aromatic carbocycles. The molecule has 18 heavy (non-hydrogen) atoms. The van der Waals surface area contributed by atoms with Crippen molar-refractivity contribution in [3.05, 3.63) is 17.5 Å². The third kappa shape index (κ3) is 3.12. The Morgan fingerprint density at radius 1 is 1.61 bits per heavy atom. The van der Waals surface area contributed by atoms with E-state index in [1.165, 1.54) is 18.5 Å². The number of rotatable bonds is 5. The van der Waals surface area contributed by atoms with Crippen LogP contribution in [-0.2, 0) is 17.7 Å². The first kappa shape index (κ1) is 13.6. The van der Waals surface area contributed by atoms with Crippen LogP contribution in [0, 0.1) is 12.8 Å². The zero-order valence-corrected chi connectivity index (χ0v) is 11.8. The molecule has 1 saturated heterocycles. The van der Waals surface area contributed by atoms with Gasteiger partial charge in [0, 0.05) is 31.3 Å². The Bertz CT molecular complexity index is 369. The van der Waals surface area contributed by atoms with E-state index in [1.807, 2.05) is 0 Å². The first-order valence-electron chi connectivity index (χ1n) is 7.03. The normalized spacial score (nSPS) is 22.1. The highest BCUT2D eigenvalue weighted by Gasteiger charge is 2.24. The first-order chi connectivity index (χ1) is 8.74. The highest BCUT2D eigenvalue weighted by molar-refractivity contribution is 5.11. The molecule has 2 heterocycles. The van der Waals surface area contributed by atoms with E-state index in [0.29, 0.717) is 12.0 Å². The lowest BCUT2D eigenvalue weighted by molar-refractivity contribution is 0.0402. The molecule has 1 aliphatic rings. The van der Waals surface area contributed by atoms with Gasteiger partial charge >= 0.3 is 0 Å². The maximum atomic E-state index is 5.60. The zero-order valence-electron chi connectivity index (χ0n) is 11.8. The van der Waals surface area contributed by atoms with Gasteiger partial charge < -0.3 is 10.1 Å². The summed E-state index contributed by atoms with van der Waals surface area (Å²) in [6.45, 7) is 6.98. The second kappa shape index (κ2) is 6.34. The highest BCUT2D eigenvalue weighted by atomic mass is 16.5. The Morgan fingerprint density at radius 2 is 2.44 bits per heavy atom. The van der Waals surface area contributed by atoms with Crippen LogP contribution in [0.25, 0.3) is 0 Å². The Morgan fingerprint density at radius 3 is 3.06 bits per heavy atom. The van der Waals surface area contributed by atoms with Gasteiger partial charge in [0.2, 0.25) is 0 Å². The molecule has 2 rings (SSSR count). The van der Waals surface area contributed by atoms with Crippen LogP contribution in [0.3, 0.4) is 0 Å². The minimum atomic E-state index is 0.492. The molecule has 1 aromatic rings. The van der Waals surface area contributed by atoms with E-state index in [2.05, 4.69) is 42.1 Å². The molecule has 1 aliphatic heterocycles. The van der Waals surface area contributed by atoms with Gasteiger partial charge in [0.15, 0.2) is 0 Å². The van der Waals surface area contributed by atoms with Crippen molar-refractivity contribution in [3.63, 3.8) is 0 Å². The van der Waals surface area contributed by atoms with Gasteiger partial charge in [-0.3, -0.25) is 4.68 Å². The van der Waals surface area contributed by atoms with Gasteiger partial charge in [0.25, 0.3) is 0 Å². The fraction of sp³-hybridized carbons (Fsp3) is 0.786. The number of aromatic nitrogens is 2. The standard InChI is InChI=1S/C14H25N3O/c1-4-17-13(8-11(2)16-17)9-14(15-3)12-6-5-7-18-10-12/h8,12,14-15H,4-7,9-10H2,1-3H3. The van der Waals surface area contributed by atoms with Crippen LogP contribution in [0.15, 0.2) is 6.07 Å². The molecule has 0 spiro atoms. The van der Waals surface area contributed by atoms with E-state index in [9.17, 15) is 0 Å². The second-order valence-electron chi connectivity index (χ2n) is 5.17. The monoisotopic (exact) mass is 251 g/mol. The summed E-state index contributed by atoms with van der Waals surface area (Å²) >= 11 is 0. The minimum Gasteiger partial charge on any atom is -0.381 e. The number of ether oxygens (including phenoxy) is 1. The molecule has 1 fully saturated rings. The van der Waals surface area contributed by atoms with Gasteiger partial charge in [-0.15, -0.1) is 0 Å². The highest BCUT2D eigenvalue weighted by Crippen LogP contribution is 2.20. The van der Waals surface area contributed by atoms with Crippen LogP contribution in [0.2, 0.25) is 0 Å². The molecule has 4 nitrogen and oxygen atoms in total. The van der Waals surface area contributed by atoms with E-state index in [0.717, 1.165) is 31.9 Å². The summed E-state index contributed by atoms with van der Waals surface area (Å²) in [5, 5.41) is 7.98. The van der Waals surface area contributed by atoms with Crippen molar-refractivity contribution in [1.82, 2.24) is 15.1 Å².